The number of pyridine rings is 1. The molecule has 0 radical (unpaired) electrons. The number of piperidine rings is 1. The van der Waals surface area contributed by atoms with Crippen LogP contribution in [0.3, 0.4) is 0 Å². The summed E-state index contributed by atoms with van der Waals surface area (Å²) in [6.07, 6.45) is 8.57. The zero-order valence-corrected chi connectivity index (χ0v) is 29.2. The second kappa shape index (κ2) is 13.7. The van der Waals surface area contributed by atoms with Crippen molar-refractivity contribution in [3.63, 3.8) is 0 Å². The molecule has 1 aliphatic rings. The van der Waals surface area contributed by atoms with E-state index in [-0.39, 0.29) is 22.2 Å². The van der Waals surface area contributed by atoms with E-state index in [1.54, 1.807) is 24.6 Å². The summed E-state index contributed by atoms with van der Waals surface area (Å²) in [7, 11) is 0. The summed E-state index contributed by atoms with van der Waals surface area (Å²) in [5.74, 6) is -0.0441. The lowest BCUT2D eigenvalue weighted by molar-refractivity contribution is 0.0866. The fourth-order valence-corrected chi connectivity index (χ4v) is 6.84. The summed E-state index contributed by atoms with van der Waals surface area (Å²) < 4.78 is 21.5. The van der Waals surface area contributed by atoms with Gasteiger partial charge in [0.05, 0.1) is 51.3 Å². The molecular weight excluding hydrogens is 676 g/mol. The predicted octanol–water partition coefficient (Wildman–Crippen LogP) is 9.18. The molecule has 0 aliphatic carbocycles. The van der Waals surface area contributed by atoms with Crippen molar-refractivity contribution in [3.05, 3.63) is 112 Å². The van der Waals surface area contributed by atoms with Gasteiger partial charge in [0, 0.05) is 47.1 Å². The Labute approximate surface area is 298 Å². The summed E-state index contributed by atoms with van der Waals surface area (Å²) in [4.78, 5) is 11.3. The van der Waals surface area contributed by atoms with Crippen LogP contribution in [0.2, 0.25) is 10.0 Å². The Morgan fingerprint density at radius 2 is 1.82 bits per heavy atom. The molecule has 1 atom stereocenters. The number of hydrogen-bond acceptors (Lipinski definition) is 9. The number of fused-ring (bicyclic) bond motifs is 1. The van der Waals surface area contributed by atoms with Gasteiger partial charge in [0.2, 0.25) is 5.89 Å². The number of anilines is 3. The Balaban J connectivity index is 1.27. The maximum atomic E-state index is 13.9. The number of likely N-dealkylation sites (tertiary alicyclic amines) is 1. The van der Waals surface area contributed by atoms with E-state index >= 15 is 0 Å². The van der Waals surface area contributed by atoms with Gasteiger partial charge in [0.15, 0.2) is 0 Å². The third-order valence-corrected chi connectivity index (χ3v) is 9.63. The van der Waals surface area contributed by atoms with Crippen LogP contribution in [0.1, 0.15) is 62.5 Å². The zero-order chi connectivity index (χ0) is 35.0. The molecule has 1 fully saturated rings. The van der Waals surface area contributed by atoms with Crippen molar-refractivity contribution in [1.29, 1.82) is 5.26 Å². The third-order valence-electron chi connectivity index (χ3n) is 9.06. The number of rotatable bonds is 8. The van der Waals surface area contributed by atoms with Crippen molar-refractivity contribution in [2.75, 3.05) is 23.7 Å². The molecule has 50 heavy (non-hydrogen) atoms. The van der Waals surface area contributed by atoms with E-state index in [0.29, 0.717) is 44.6 Å². The monoisotopic (exact) mass is 709 g/mol. The van der Waals surface area contributed by atoms with Crippen LogP contribution in [0.4, 0.5) is 21.5 Å². The molecule has 1 unspecified atom stereocenters. The number of halogens is 3. The molecule has 3 aromatic carbocycles. The van der Waals surface area contributed by atoms with E-state index in [4.69, 9.17) is 27.6 Å². The van der Waals surface area contributed by atoms with Gasteiger partial charge in [-0.2, -0.15) is 5.26 Å². The molecule has 254 valence electrons. The largest absolute Gasteiger partial charge is 0.445 e. The molecule has 4 heterocycles. The first-order chi connectivity index (χ1) is 24.1. The highest BCUT2D eigenvalue weighted by molar-refractivity contribution is 6.36. The van der Waals surface area contributed by atoms with Crippen LogP contribution in [0.15, 0.2) is 83.9 Å². The van der Waals surface area contributed by atoms with Gasteiger partial charge in [-0.25, -0.2) is 14.1 Å². The van der Waals surface area contributed by atoms with E-state index in [2.05, 4.69) is 62.7 Å². The highest BCUT2D eigenvalue weighted by Gasteiger charge is 2.29. The standard InChI is InChI=1S/C37H34Cl2FN9O/c1-37(2,3)48-12-9-27(10-13-48)49-21-32(46-47-49)34(22-5-4-6-23(15-22)36-42-11-14-50-36)45-26-16-28-33(44-25-7-8-31(40)29(38)17-25)24(19-41)20-43-35(28)30(39)18-26/h4-8,11,14-18,20-21,27,34,45H,9-10,12-13H2,1-3H3,(H,43,44). The predicted molar refractivity (Wildman–Crippen MR) is 193 cm³/mol. The Morgan fingerprint density at radius 3 is 2.54 bits per heavy atom. The number of nitrogens with one attached hydrogen (secondary N) is 2. The number of hydrogen-bond donors (Lipinski definition) is 2. The zero-order valence-electron chi connectivity index (χ0n) is 27.7. The van der Waals surface area contributed by atoms with E-state index < -0.39 is 11.9 Å². The second-order valence-electron chi connectivity index (χ2n) is 13.3. The molecule has 0 bridgehead atoms. The summed E-state index contributed by atoms with van der Waals surface area (Å²) in [5.41, 5.74) is 4.92. The quantitative estimate of drug-likeness (QED) is 0.159. The molecule has 6 aromatic rings. The van der Waals surface area contributed by atoms with Crippen LogP contribution in [0, 0.1) is 17.1 Å². The first-order valence-electron chi connectivity index (χ1n) is 16.2. The average molecular weight is 711 g/mol. The van der Waals surface area contributed by atoms with Crippen molar-refractivity contribution < 1.29 is 8.81 Å². The minimum Gasteiger partial charge on any atom is -0.445 e. The molecule has 0 saturated carbocycles. The van der Waals surface area contributed by atoms with Crippen molar-refractivity contribution in [2.45, 2.75) is 51.2 Å². The van der Waals surface area contributed by atoms with Crippen LogP contribution >= 0.6 is 23.2 Å². The minimum absolute atomic E-state index is 0.0464. The number of nitrogens with zero attached hydrogens (tertiary/aromatic N) is 7. The van der Waals surface area contributed by atoms with Crippen LogP contribution in [-0.4, -0.2) is 48.5 Å². The average Bonchev–Trinajstić information content (AvgIpc) is 3.83. The second-order valence-corrected chi connectivity index (χ2v) is 14.1. The van der Waals surface area contributed by atoms with Gasteiger partial charge in [-0.05, 0) is 81.6 Å². The Kier molecular flexibility index (Phi) is 9.18. The van der Waals surface area contributed by atoms with E-state index in [1.807, 2.05) is 41.2 Å². The Bertz CT molecular complexity index is 2200. The lowest BCUT2D eigenvalue weighted by Gasteiger charge is -2.40. The van der Waals surface area contributed by atoms with Gasteiger partial charge in [0.25, 0.3) is 0 Å². The topological polar surface area (TPSA) is 121 Å². The smallest absolute Gasteiger partial charge is 0.225 e. The van der Waals surface area contributed by atoms with Crippen molar-refractivity contribution in [2.24, 2.45) is 0 Å². The molecular formula is C37H34Cl2FN9O. The normalized spacial score (nSPS) is 14.8. The minimum atomic E-state index is -0.544. The molecule has 2 N–H and O–H groups in total. The van der Waals surface area contributed by atoms with E-state index in [9.17, 15) is 9.65 Å². The van der Waals surface area contributed by atoms with Crippen LogP contribution < -0.4 is 10.6 Å². The van der Waals surface area contributed by atoms with Gasteiger partial charge in [-0.3, -0.25) is 9.88 Å². The molecule has 3 aromatic heterocycles. The first kappa shape index (κ1) is 33.5. The van der Waals surface area contributed by atoms with Crippen molar-refractivity contribution >= 4 is 51.2 Å². The first-order valence-corrected chi connectivity index (χ1v) is 17.0. The molecule has 1 saturated heterocycles. The molecule has 13 heteroatoms. The van der Waals surface area contributed by atoms with Crippen molar-refractivity contribution in [3.8, 4) is 17.5 Å². The van der Waals surface area contributed by atoms with E-state index in [1.165, 1.54) is 18.3 Å². The van der Waals surface area contributed by atoms with E-state index in [0.717, 1.165) is 37.1 Å². The van der Waals surface area contributed by atoms with Crippen LogP contribution in [0.25, 0.3) is 22.4 Å². The highest BCUT2D eigenvalue weighted by atomic mass is 35.5. The maximum Gasteiger partial charge on any atom is 0.225 e. The number of benzene rings is 3. The number of aromatic nitrogens is 5. The Morgan fingerprint density at radius 1 is 1.02 bits per heavy atom. The number of oxazole rings is 1. The molecule has 0 spiro atoms. The molecule has 7 rings (SSSR count). The van der Waals surface area contributed by atoms with Gasteiger partial charge >= 0.3 is 0 Å². The molecule has 10 nitrogen and oxygen atoms in total. The lowest BCUT2D eigenvalue weighted by Crippen LogP contribution is -2.46. The van der Waals surface area contributed by atoms with Gasteiger partial charge in [-0.15, -0.1) is 5.10 Å². The summed E-state index contributed by atoms with van der Waals surface area (Å²) in [6, 6.07) is 17.8. The van der Waals surface area contributed by atoms with Gasteiger partial charge in [-0.1, -0.05) is 40.5 Å². The molecule has 1 aliphatic heterocycles. The maximum absolute atomic E-state index is 13.9. The van der Waals surface area contributed by atoms with Gasteiger partial charge < -0.3 is 15.1 Å². The van der Waals surface area contributed by atoms with Gasteiger partial charge in [0.1, 0.15) is 23.8 Å². The SMILES string of the molecule is CC(C)(C)N1CCC(n2cc(C(Nc3cc(Cl)c4ncc(C#N)c(Nc5ccc(F)c(Cl)c5)c4c3)c3cccc(-c4ncco4)c3)nn2)CC1. The lowest BCUT2D eigenvalue weighted by atomic mass is 9.98. The molecule has 0 amide bonds. The van der Waals surface area contributed by atoms with Crippen LogP contribution in [-0.2, 0) is 0 Å². The fraction of sp³-hybridized carbons (Fsp3) is 0.270. The van der Waals surface area contributed by atoms with Crippen LogP contribution in [0.5, 0.6) is 0 Å². The Hall–Kier alpha value is -5.02. The summed E-state index contributed by atoms with van der Waals surface area (Å²) >= 11 is 12.9. The summed E-state index contributed by atoms with van der Waals surface area (Å²) in [6.45, 7) is 8.71. The number of nitriles is 1. The fourth-order valence-electron chi connectivity index (χ4n) is 6.39. The highest BCUT2D eigenvalue weighted by Crippen LogP contribution is 2.38. The van der Waals surface area contributed by atoms with Crippen molar-refractivity contribution in [1.82, 2.24) is 29.9 Å². The third kappa shape index (κ3) is 6.87. The summed E-state index contributed by atoms with van der Waals surface area (Å²) in [5, 5.41) is 27.1.